The lowest BCUT2D eigenvalue weighted by Gasteiger charge is -2.13. The lowest BCUT2D eigenvalue weighted by molar-refractivity contribution is -0.0500. The van der Waals surface area contributed by atoms with Crippen molar-refractivity contribution in [2.24, 2.45) is 0 Å². The number of benzene rings is 1. The highest BCUT2D eigenvalue weighted by atomic mass is 19.3. The number of hydrogen-bond donors (Lipinski definition) is 1. The van der Waals surface area contributed by atoms with Gasteiger partial charge in [0.05, 0.1) is 0 Å². The van der Waals surface area contributed by atoms with Crippen LogP contribution in [0.2, 0.25) is 0 Å². The fraction of sp³-hybridized carbons (Fsp3) is 0.190. The zero-order valence-electron chi connectivity index (χ0n) is 16.0. The van der Waals surface area contributed by atoms with E-state index in [0.717, 1.165) is 0 Å². The van der Waals surface area contributed by atoms with E-state index in [4.69, 9.17) is 5.11 Å². The van der Waals surface area contributed by atoms with Gasteiger partial charge in [0.15, 0.2) is 11.6 Å². The van der Waals surface area contributed by atoms with E-state index in [1.54, 1.807) is 0 Å². The maximum atomic E-state index is 12.8. The van der Waals surface area contributed by atoms with Gasteiger partial charge in [-0.2, -0.15) is 17.6 Å². The van der Waals surface area contributed by atoms with E-state index in [0.29, 0.717) is 11.3 Å². The Balaban J connectivity index is 0.00000166. The van der Waals surface area contributed by atoms with Gasteiger partial charge in [-0.25, -0.2) is 15.0 Å². The lowest BCUT2D eigenvalue weighted by Crippen LogP contribution is -2.06. The molecule has 0 spiro atoms. The number of ether oxygens (including phenoxy) is 2. The summed E-state index contributed by atoms with van der Waals surface area (Å²) in [6, 6.07) is 8.36. The molecule has 0 saturated carbocycles. The second kappa shape index (κ2) is 11.5. The molecule has 1 aromatic carbocycles. The molecule has 0 aliphatic heterocycles. The predicted octanol–water partition coefficient (Wildman–Crippen LogP) is 4.07. The third-order valence-corrected chi connectivity index (χ3v) is 3.75. The molecule has 3 rings (SSSR count). The molecule has 0 amide bonds. The van der Waals surface area contributed by atoms with Crippen LogP contribution in [0.5, 0.6) is 11.5 Å². The Labute approximate surface area is 175 Å². The molecule has 2 aromatic heterocycles. The Hall–Kier alpha value is -3.71. The maximum Gasteiger partial charge on any atom is 0.387 e. The van der Waals surface area contributed by atoms with Gasteiger partial charge < -0.3 is 14.6 Å². The van der Waals surface area contributed by atoms with E-state index in [1.165, 1.54) is 48.8 Å². The maximum absolute atomic E-state index is 12.8. The summed E-state index contributed by atoms with van der Waals surface area (Å²) in [6.07, 6.45) is 11.3. The summed E-state index contributed by atoms with van der Waals surface area (Å²) in [6.45, 7) is -6.40. The van der Waals surface area contributed by atoms with Crippen molar-refractivity contribution in [3.63, 3.8) is 0 Å². The van der Waals surface area contributed by atoms with E-state index in [9.17, 15) is 17.6 Å². The van der Waals surface area contributed by atoms with E-state index in [-0.39, 0.29) is 41.6 Å². The molecule has 3 aromatic rings. The highest BCUT2D eigenvalue weighted by molar-refractivity contribution is 5.68. The summed E-state index contributed by atoms with van der Waals surface area (Å²) < 4.78 is 59.4. The summed E-state index contributed by atoms with van der Waals surface area (Å²) in [4.78, 5) is 12.3. The normalized spacial score (nSPS) is 10.5. The van der Waals surface area contributed by atoms with Crippen LogP contribution in [0, 0.1) is 12.8 Å². The van der Waals surface area contributed by atoms with E-state index in [1.807, 2.05) is 0 Å². The third-order valence-electron chi connectivity index (χ3n) is 3.75. The SMILES string of the molecule is C#C.OCc1ncc(Cc2ccc(OC(F)F)c(-c3cccc(OC(F)F)c3)n2)cn1. The number of halogens is 4. The molecule has 6 nitrogen and oxygen atoms in total. The average Bonchev–Trinajstić information content (AvgIpc) is 2.76. The highest BCUT2D eigenvalue weighted by Gasteiger charge is 2.16. The van der Waals surface area contributed by atoms with E-state index in [2.05, 4.69) is 37.3 Å². The van der Waals surface area contributed by atoms with Crippen LogP contribution >= 0.6 is 0 Å². The molecule has 10 heteroatoms. The lowest BCUT2D eigenvalue weighted by atomic mass is 10.1. The summed E-state index contributed by atoms with van der Waals surface area (Å²) >= 11 is 0. The first-order valence-electron chi connectivity index (χ1n) is 8.68. The minimum Gasteiger partial charge on any atom is -0.435 e. The Kier molecular flexibility index (Phi) is 8.72. The van der Waals surface area contributed by atoms with Crippen LogP contribution in [0.3, 0.4) is 0 Å². The smallest absolute Gasteiger partial charge is 0.387 e. The fourth-order valence-corrected chi connectivity index (χ4v) is 2.57. The van der Waals surface area contributed by atoms with Crippen molar-refractivity contribution in [3.8, 4) is 35.6 Å². The molecule has 0 aliphatic rings. The molecular formula is C21H17F4N3O3. The van der Waals surface area contributed by atoms with Gasteiger partial charge in [0.2, 0.25) is 0 Å². The van der Waals surface area contributed by atoms with Crippen molar-refractivity contribution in [2.45, 2.75) is 26.3 Å². The number of aromatic nitrogens is 3. The second-order valence-electron chi connectivity index (χ2n) is 5.78. The number of aliphatic hydroxyl groups excluding tert-OH is 1. The van der Waals surface area contributed by atoms with Crippen molar-refractivity contribution >= 4 is 0 Å². The standard InChI is InChI=1S/C19H15F4N3O3.C2H2/c20-18(21)28-14-3-1-2-12(7-14)17-15(29-19(22)23)5-4-13(26-17)6-11-8-24-16(10-27)25-9-11;1-2/h1-5,7-9,18-19,27H,6,10H2;1-2H. The van der Waals surface area contributed by atoms with E-state index < -0.39 is 13.2 Å². The molecule has 0 aliphatic carbocycles. The summed E-state index contributed by atoms with van der Waals surface area (Å²) in [5.74, 6) is -0.0792. The first kappa shape index (κ1) is 23.6. The van der Waals surface area contributed by atoms with Crippen LogP contribution in [0.25, 0.3) is 11.3 Å². The van der Waals surface area contributed by atoms with Gasteiger partial charge in [0, 0.05) is 30.1 Å². The second-order valence-corrected chi connectivity index (χ2v) is 5.78. The van der Waals surface area contributed by atoms with Crippen LogP contribution in [-0.4, -0.2) is 33.3 Å². The van der Waals surface area contributed by atoms with Gasteiger partial charge in [-0.1, -0.05) is 12.1 Å². The van der Waals surface area contributed by atoms with Crippen molar-refractivity contribution in [1.29, 1.82) is 0 Å². The molecule has 2 heterocycles. The molecule has 0 bridgehead atoms. The topological polar surface area (TPSA) is 77.4 Å². The molecule has 1 N–H and O–H groups in total. The summed E-state index contributed by atoms with van der Waals surface area (Å²) in [5.41, 5.74) is 1.49. The minimum absolute atomic E-state index is 0.0513. The van der Waals surface area contributed by atoms with Crippen molar-refractivity contribution in [2.75, 3.05) is 0 Å². The number of nitrogens with zero attached hydrogens (tertiary/aromatic N) is 3. The van der Waals surface area contributed by atoms with Crippen molar-refractivity contribution in [3.05, 3.63) is 65.9 Å². The van der Waals surface area contributed by atoms with Crippen molar-refractivity contribution in [1.82, 2.24) is 15.0 Å². The van der Waals surface area contributed by atoms with Gasteiger partial charge in [-0.15, -0.1) is 12.8 Å². The quantitative estimate of drug-likeness (QED) is 0.425. The van der Waals surface area contributed by atoms with Crippen LogP contribution in [-0.2, 0) is 13.0 Å². The number of terminal acetylenes is 1. The monoisotopic (exact) mass is 435 g/mol. The van der Waals surface area contributed by atoms with Gasteiger partial charge in [0.1, 0.15) is 18.1 Å². The predicted molar refractivity (Wildman–Crippen MR) is 104 cm³/mol. The van der Waals surface area contributed by atoms with Crippen LogP contribution in [0.15, 0.2) is 48.8 Å². The third kappa shape index (κ3) is 6.94. The van der Waals surface area contributed by atoms with Gasteiger partial charge in [-0.05, 0) is 29.8 Å². The Morgan fingerprint density at radius 1 is 0.935 bits per heavy atom. The average molecular weight is 435 g/mol. The summed E-state index contributed by atoms with van der Waals surface area (Å²) in [5, 5.41) is 8.99. The first-order chi connectivity index (χ1) is 14.9. The Morgan fingerprint density at radius 3 is 2.23 bits per heavy atom. The fourth-order valence-electron chi connectivity index (χ4n) is 2.57. The molecule has 0 saturated heterocycles. The highest BCUT2D eigenvalue weighted by Crippen LogP contribution is 2.32. The van der Waals surface area contributed by atoms with Crippen LogP contribution < -0.4 is 9.47 Å². The molecule has 0 radical (unpaired) electrons. The van der Waals surface area contributed by atoms with Gasteiger partial charge >= 0.3 is 13.2 Å². The zero-order chi connectivity index (χ0) is 22.8. The number of pyridine rings is 1. The zero-order valence-corrected chi connectivity index (χ0v) is 16.0. The molecule has 31 heavy (non-hydrogen) atoms. The molecular weight excluding hydrogens is 418 g/mol. The number of hydrogen-bond acceptors (Lipinski definition) is 6. The molecule has 0 fully saturated rings. The van der Waals surface area contributed by atoms with E-state index >= 15 is 0 Å². The number of alkyl halides is 4. The van der Waals surface area contributed by atoms with Gasteiger partial charge in [0.25, 0.3) is 0 Å². The van der Waals surface area contributed by atoms with Crippen LogP contribution in [0.4, 0.5) is 17.6 Å². The Bertz CT molecular complexity index is 999. The summed E-state index contributed by atoms with van der Waals surface area (Å²) in [7, 11) is 0. The van der Waals surface area contributed by atoms with Gasteiger partial charge in [-0.3, -0.25) is 0 Å². The first-order valence-corrected chi connectivity index (χ1v) is 8.68. The molecule has 0 atom stereocenters. The van der Waals surface area contributed by atoms with Crippen molar-refractivity contribution < 1.29 is 32.1 Å². The minimum atomic E-state index is -3.08. The molecule has 0 unspecified atom stereocenters. The largest absolute Gasteiger partial charge is 0.435 e. The molecule has 162 valence electrons. The Morgan fingerprint density at radius 2 is 1.61 bits per heavy atom. The van der Waals surface area contributed by atoms with Crippen LogP contribution in [0.1, 0.15) is 17.1 Å². The number of aliphatic hydroxyl groups is 1. The number of rotatable bonds is 8.